The first kappa shape index (κ1) is 24.7. The average molecular weight is 563 g/mol. The van der Waals surface area contributed by atoms with E-state index in [1.165, 1.54) is 11.3 Å². The number of ether oxygens (including phenoxy) is 2. The first-order valence-electron chi connectivity index (χ1n) is 10.6. The van der Waals surface area contributed by atoms with Gasteiger partial charge in [-0.25, -0.2) is 23.4 Å². The number of halogens is 1. The number of rotatable bonds is 10. The lowest BCUT2D eigenvalue weighted by atomic mass is 10.2. The third-order valence-corrected chi connectivity index (χ3v) is 7.55. The summed E-state index contributed by atoms with van der Waals surface area (Å²) in [7, 11) is -3.84. The highest BCUT2D eigenvalue weighted by molar-refractivity contribution is 9.10. The zero-order valence-corrected chi connectivity index (χ0v) is 21.8. The van der Waals surface area contributed by atoms with E-state index in [0.717, 1.165) is 14.7 Å². The number of hydrogen-bond acceptors (Lipinski definition) is 9. The molecule has 0 aliphatic carbocycles. The molecule has 4 rings (SSSR count). The van der Waals surface area contributed by atoms with Gasteiger partial charge in [0.2, 0.25) is 21.3 Å². The summed E-state index contributed by atoms with van der Waals surface area (Å²) in [6.07, 6.45) is -0.824. The Morgan fingerprint density at radius 2 is 1.74 bits per heavy atom. The Labute approximate surface area is 210 Å². The third-order valence-electron chi connectivity index (χ3n) is 4.67. The van der Waals surface area contributed by atoms with Gasteiger partial charge in [-0.2, -0.15) is 0 Å². The molecule has 8 nitrogen and oxygen atoms in total. The molecule has 1 N–H and O–H groups in total. The Kier molecular flexibility index (Phi) is 7.89. The van der Waals surface area contributed by atoms with Crippen molar-refractivity contribution in [3.05, 3.63) is 70.3 Å². The molecule has 2 aromatic carbocycles. The van der Waals surface area contributed by atoms with Crippen molar-refractivity contribution >= 4 is 58.3 Å². The predicted molar refractivity (Wildman–Crippen MR) is 136 cm³/mol. The molecule has 0 saturated heterocycles. The molecule has 0 radical (unpaired) electrons. The fourth-order valence-electron chi connectivity index (χ4n) is 3.21. The molecule has 2 heterocycles. The van der Waals surface area contributed by atoms with Crippen molar-refractivity contribution in [3.63, 3.8) is 0 Å². The lowest BCUT2D eigenvalue weighted by molar-refractivity contribution is -0.143. The van der Waals surface area contributed by atoms with Gasteiger partial charge in [-0.05, 0) is 37.6 Å². The molecule has 0 amide bonds. The summed E-state index contributed by atoms with van der Waals surface area (Å²) in [6, 6.07) is 16.3. The number of anilines is 2. The van der Waals surface area contributed by atoms with E-state index in [9.17, 15) is 8.42 Å². The molecule has 0 spiro atoms. The molecule has 34 heavy (non-hydrogen) atoms. The van der Waals surface area contributed by atoms with E-state index in [4.69, 9.17) is 9.47 Å². The third kappa shape index (κ3) is 5.97. The Morgan fingerprint density at radius 1 is 1.00 bits per heavy atom. The second-order valence-corrected chi connectivity index (χ2v) is 11.0. The summed E-state index contributed by atoms with van der Waals surface area (Å²) in [4.78, 5) is 13.2. The van der Waals surface area contributed by atoms with E-state index in [2.05, 4.69) is 36.2 Å². The van der Waals surface area contributed by atoms with Crippen molar-refractivity contribution in [1.82, 2.24) is 15.0 Å². The zero-order valence-electron chi connectivity index (χ0n) is 18.6. The summed E-state index contributed by atoms with van der Waals surface area (Å²) in [5.74, 6) is 0.0685. The minimum Gasteiger partial charge on any atom is -0.347 e. The van der Waals surface area contributed by atoms with Gasteiger partial charge in [0.15, 0.2) is 5.13 Å². The molecule has 11 heteroatoms. The molecule has 0 unspecified atom stereocenters. The molecule has 2 aromatic heterocycles. The lowest BCUT2D eigenvalue weighted by Gasteiger charge is -2.18. The van der Waals surface area contributed by atoms with E-state index in [0.29, 0.717) is 35.4 Å². The Bertz CT molecular complexity index is 1370. The van der Waals surface area contributed by atoms with Crippen LogP contribution in [0, 0.1) is 0 Å². The van der Waals surface area contributed by atoms with Crippen molar-refractivity contribution in [2.45, 2.75) is 31.0 Å². The molecule has 4 aromatic rings. The Hall–Kier alpha value is -2.44. The maximum absolute atomic E-state index is 13.2. The maximum Gasteiger partial charge on any atom is 0.249 e. The highest BCUT2D eigenvalue weighted by Crippen LogP contribution is 2.31. The van der Waals surface area contributed by atoms with E-state index in [1.54, 1.807) is 30.3 Å². The van der Waals surface area contributed by atoms with Crippen LogP contribution in [-0.2, 0) is 25.1 Å². The van der Waals surface area contributed by atoms with Gasteiger partial charge in [-0.3, -0.25) is 0 Å². The monoisotopic (exact) mass is 562 g/mol. The SMILES string of the molecule is CCOC(OCC)c1cc(Nc2nc3ccc(Br)cc3s2)nc(S(=O)(=O)Cc2ccccc2)n1. The van der Waals surface area contributed by atoms with Crippen LogP contribution in [0.2, 0.25) is 0 Å². The average Bonchev–Trinajstić information content (AvgIpc) is 3.20. The number of hydrogen-bond donors (Lipinski definition) is 1. The Morgan fingerprint density at radius 3 is 2.44 bits per heavy atom. The number of thiazole rings is 1. The van der Waals surface area contributed by atoms with Crippen LogP contribution in [-0.4, -0.2) is 36.6 Å². The number of benzene rings is 2. The molecular weight excluding hydrogens is 540 g/mol. The summed E-state index contributed by atoms with van der Waals surface area (Å²) in [5, 5.41) is 3.41. The summed E-state index contributed by atoms with van der Waals surface area (Å²) in [5.41, 5.74) is 1.79. The number of aromatic nitrogens is 3. The van der Waals surface area contributed by atoms with Crippen LogP contribution < -0.4 is 5.32 Å². The second-order valence-electron chi connectivity index (χ2n) is 7.20. The normalized spacial score (nSPS) is 11.9. The highest BCUT2D eigenvalue weighted by Gasteiger charge is 2.24. The van der Waals surface area contributed by atoms with Gasteiger partial charge >= 0.3 is 0 Å². The van der Waals surface area contributed by atoms with Crippen molar-refractivity contribution < 1.29 is 17.9 Å². The van der Waals surface area contributed by atoms with Crippen LogP contribution in [0.15, 0.2) is 64.2 Å². The van der Waals surface area contributed by atoms with E-state index in [1.807, 2.05) is 38.1 Å². The molecule has 0 aliphatic rings. The lowest BCUT2D eigenvalue weighted by Crippen LogP contribution is -2.16. The van der Waals surface area contributed by atoms with Crippen LogP contribution in [0.25, 0.3) is 10.2 Å². The van der Waals surface area contributed by atoms with Crippen molar-refractivity contribution in [2.75, 3.05) is 18.5 Å². The summed E-state index contributed by atoms with van der Waals surface area (Å²) < 4.78 is 39.7. The molecule has 178 valence electrons. The molecule has 0 aliphatic heterocycles. The quantitative estimate of drug-likeness (QED) is 0.195. The van der Waals surface area contributed by atoms with Gasteiger partial charge in [-0.1, -0.05) is 57.6 Å². The molecule has 0 atom stereocenters. The van der Waals surface area contributed by atoms with Crippen LogP contribution in [0.1, 0.15) is 31.4 Å². The van der Waals surface area contributed by atoms with Crippen molar-refractivity contribution in [1.29, 1.82) is 0 Å². The van der Waals surface area contributed by atoms with E-state index >= 15 is 0 Å². The number of nitrogens with one attached hydrogen (secondary N) is 1. The van der Waals surface area contributed by atoms with Gasteiger partial charge < -0.3 is 14.8 Å². The first-order chi connectivity index (χ1) is 16.4. The zero-order chi connectivity index (χ0) is 24.1. The first-order valence-corrected chi connectivity index (χ1v) is 13.9. The van der Waals surface area contributed by atoms with Gasteiger partial charge in [0, 0.05) is 23.8 Å². The fraction of sp³-hybridized carbons (Fsp3) is 0.261. The predicted octanol–water partition coefficient (Wildman–Crippen LogP) is 5.64. The van der Waals surface area contributed by atoms with Gasteiger partial charge in [0.05, 0.1) is 16.0 Å². The molecule has 0 fully saturated rings. The van der Waals surface area contributed by atoms with Gasteiger partial charge in [0.1, 0.15) is 11.5 Å². The van der Waals surface area contributed by atoms with Crippen LogP contribution in [0.5, 0.6) is 0 Å². The van der Waals surface area contributed by atoms with Crippen molar-refractivity contribution in [2.24, 2.45) is 0 Å². The largest absolute Gasteiger partial charge is 0.347 e. The van der Waals surface area contributed by atoms with E-state index in [-0.39, 0.29) is 10.9 Å². The Balaban J connectivity index is 1.74. The summed E-state index contributed by atoms with van der Waals surface area (Å²) >= 11 is 4.90. The number of sulfone groups is 1. The van der Waals surface area contributed by atoms with Crippen LogP contribution in [0.4, 0.5) is 10.9 Å². The molecule has 0 bridgehead atoms. The molecule has 0 saturated carbocycles. The van der Waals surface area contributed by atoms with Gasteiger partial charge in [-0.15, -0.1) is 0 Å². The topological polar surface area (TPSA) is 103 Å². The van der Waals surface area contributed by atoms with Crippen LogP contribution >= 0.6 is 27.3 Å². The summed E-state index contributed by atoms with van der Waals surface area (Å²) in [6.45, 7) is 4.41. The standard InChI is InChI=1S/C23H23BrN4O4S2/c1-3-31-21(32-4-2)18-13-20(27-22-25-17-11-10-16(24)12-19(17)33-22)28-23(26-18)34(29,30)14-15-8-6-5-7-9-15/h5-13,21H,3-4,14H2,1-2H3,(H,25,26,27,28). The smallest absolute Gasteiger partial charge is 0.249 e. The number of nitrogens with zero attached hydrogens (tertiary/aromatic N) is 3. The van der Waals surface area contributed by atoms with Gasteiger partial charge in [0.25, 0.3) is 0 Å². The second kappa shape index (κ2) is 10.9. The van der Waals surface area contributed by atoms with E-state index < -0.39 is 16.1 Å². The molecular formula is C23H23BrN4O4S2. The maximum atomic E-state index is 13.2. The highest BCUT2D eigenvalue weighted by atomic mass is 79.9. The number of fused-ring (bicyclic) bond motifs is 1. The van der Waals surface area contributed by atoms with Crippen molar-refractivity contribution in [3.8, 4) is 0 Å². The van der Waals surface area contributed by atoms with Crippen LogP contribution in [0.3, 0.4) is 0 Å². The fourth-order valence-corrected chi connectivity index (χ4v) is 5.88. The minimum absolute atomic E-state index is 0.222. The minimum atomic E-state index is -3.84.